The lowest BCUT2D eigenvalue weighted by Crippen LogP contribution is -2.44. The Hall–Kier alpha value is -1.66. The molecule has 1 saturated heterocycles. The predicted molar refractivity (Wildman–Crippen MR) is 97.1 cm³/mol. The second-order valence-corrected chi connectivity index (χ2v) is 7.57. The Balaban J connectivity index is 2.32. The SMILES string of the molecule is Cc1ccccc1/C=C1\SC(=S)N(C(CC(C)C)C(=O)O)C1=O. The van der Waals surface area contributed by atoms with Crippen LogP contribution >= 0.6 is 24.0 Å². The van der Waals surface area contributed by atoms with Crippen LogP contribution in [0.5, 0.6) is 0 Å². The molecular weight excluding hydrogens is 330 g/mol. The van der Waals surface area contributed by atoms with E-state index >= 15 is 0 Å². The number of nitrogens with zero attached hydrogens (tertiary/aromatic N) is 1. The van der Waals surface area contributed by atoms with E-state index in [0.29, 0.717) is 15.6 Å². The van der Waals surface area contributed by atoms with Gasteiger partial charge in [-0.1, -0.05) is 62.1 Å². The van der Waals surface area contributed by atoms with E-state index in [9.17, 15) is 14.7 Å². The lowest BCUT2D eigenvalue weighted by Gasteiger charge is -2.24. The van der Waals surface area contributed by atoms with Crippen molar-refractivity contribution in [3.63, 3.8) is 0 Å². The number of carboxylic acid groups (broad SMARTS) is 1. The molecule has 4 nitrogen and oxygen atoms in total. The monoisotopic (exact) mass is 349 g/mol. The van der Waals surface area contributed by atoms with Gasteiger partial charge in [-0.15, -0.1) is 0 Å². The van der Waals surface area contributed by atoms with Gasteiger partial charge < -0.3 is 5.11 Å². The molecule has 1 fully saturated rings. The number of hydrogen-bond donors (Lipinski definition) is 1. The van der Waals surface area contributed by atoms with Crippen LogP contribution in [-0.2, 0) is 9.59 Å². The third-order valence-electron chi connectivity index (χ3n) is 3.59. The van der Waals surface area contributed by atoms with Crippen molar-refractivity contribution in [2.45, 2.75) is 33.2 Å². The molecule has 122 valence electrons. The van der Waals surface area contributed by atoms with Crippen LogP contribution in [0.1, 0.15) is 31.4 Å². The minimum atomic E-state index is -1.02. The summed E-state index contributed by atoms with van der Waals surface area (Å²) in [5.41, 5.74) is 1.98. The van der Waals surface area contributed by atoms with E-state index in [0.717, 1.165) is 22.9 Å². The first-order valence-corrected chi connectivity index (χ1v) is 8.59. The van der Waals surface area contributed by atoms with Crippen LogP contribution in [0.4, 0.5) is 0 Å². The number of carbonyl (C=O) groups is 2. The lowest BCUT2D eigenvalue weighted by atomic mass is 10.0. The molecule has 0 aliphatic carbocycles. The van der Waals surface area contributed by atoms with Crippen LogP contribution in [0.25, 0.3) is 6.08 Å². The van der Waals surface area contributed by atoms with Crippen molar-refractivity contribution >= 4 is 46.3 Å². The zero-order valence-corrected chi connectivity index (χ0v) is 14.9. The zero-order chi connectivity index (χ0) is 17.1. The van der Waals surface area contributed by atoms with Gasteiger partial charge in [-0.05, 0) is 36.5 Å². The minimum Gasteiger partial charge on any atom is -0.480 e. The third-order valence-corrected chi connectivity index (χ3v) is 4.92. The number of benzene rings is 1. The normalized spacial score (nSPS) is 18.1. The van der Waals surface area contributed by atoms with Crippen molar-refractivity contribution in [1.29, 1.82) is 0 Å². The number of hydrogen-bond acceptors (Lipinski definition) is 4. The Kier molecular flexibility index (Phi) is 5.59. The second kappa shape index (κ2) is 7.27. The van der Waals surface area contributed by atoms with Gasteiger partial charge in [-0.2, -0.15) is 0 Å². The molecule has 2 rings (SSSR count). The minimum absolute atomic E-state index is 0.154. The fourth-order valence-electron chi connectivity index (χ4n) is 2.40. The number of thioether (sulfide) groups is 1. The molecule has 1 atom stereocenters. The first-order chi connectivity index (χ1) is 10.8. The summed E-state index contributed by atoms with van der Waals surface area (Å²) in [5.74, 6) is -1.19. The van der Waals surface area contributed by atoms with E-state index in [1.807, 2.05) is 45.0 Å². The highest BCUT2D eigenvalue weighted by Crippen LogP contribution is 2.35. The summed E-state index contributed by atoms with van der Waals surface area (Å²) in [6.45, 7) is 5.82. The van der Waals surface area contributed by atoms with Crippen LogP contribution in [0, 0.1) is 12.8 Å². The molecule has 0 spiro atoms. The summed E-state index contributed by atoms with van der Waals surface area (Å²) in [5, 5.41) is 9.46. The molecule has 1 unspecified atom stereocenters. The van der Waals surface area contributed by atoms with Gasteiger partial charge in [-0.3, -0.25) is 9.69 Å². The van der Waals surface area contributed by atoms with Gasteiger partial charge in [0.2, 0.25) is 0 Å². The molecule has 1 aromatic carbocycles. The Morgan fingerprint density at radius 3 is 2.61 bits per heavy atom. The summed E-state index contributed by atoms with van der Waals surface area (Å²) < 4.78 is 0.308. The Labute approximate surface area is 145 Å². The van der Waals surface area contributed by atoms with Gasteiger partial charge in [-0.25, -0.2) is 4.79 Å². The molecular formula is C17H19NO3S2. The van der Waals surface area contributed by atoms with Gasteiger partial charge in [0.05, 0.1) is 4.91 Å². The smallest absolute Gasteiger partial charge is 0.326 e. The molecule has 0 bridgehead atoms. The van der Waals surface area contributed by atoms with E-state index in [1.54, 1.807) is 6.08 Å². The average molecular weight is 349 g/mol. The Morgan fingerprint density at radius 2 is 2.04 bits per heavy atom. The number of rotatable bonds is 5. The number of aryl methyl sites for hydroxylation is 1. The summed E-state index contributed by atoms with van der Waals surface area (Å²) in [7, 11) is 0. The van der Waals surface area contributed by atoms with Crippen molar-refractivity contribution in [2.75, 3.05) is 0 Å². The fourth-order valence-corrected chi connectivity index (χ4v) is 3.75. The molecule has 23 heavy (non-hydrogen) atoms. The molecule has 1 aliphatic rings. The highest BCUT2D eigenvalue weighted by Gasteiger charge is 2.40. The third kappa shape index (κ3) is 4.00. The zero-order valence-electron chi connectivity index (χ0n) is 13.3. The van der Waals surface area contributed by atoms with Gasteiger partial charge in [0, 0.05) is 0 Å². The lowest BCUT2D eigenvalue weighted by molar-refractivity contribution is -0.145. The topological polar surface area (TPSA) is 57.6 Å². The molecule has 1 aromatic rings. The van der Waals surface area contributed by atoms with Gasteiger partial charge in [0.15, 0.2) is 0 Å². The first kappa shape index (κ1) is 17.7. The van der Waals surface area contributed by atoms with E-state index < -0.39 is 12.0 Å². The Morgan fingerprint density at radius 1 is 1.39 bits per heavy atom. The van der Waals surface area contributed by atoms with Crippen LogP contribution in [-0.4, -0.2) is 32.2 Å². The van der Waals surface area contributed by atoms with Gasteiger partial charge in [0.1, 0.15) is 10.4 Å². The number of amides is 1. The van der Waals surface area contributed by atoms with E-state index in [4.69, 9.17) is 12.2 Å². The van der Waals surface area contributed by atoms with Crippen LogP contribution < -0.4 is 0 Å². The highest BCUT2D eigenvalue weighted by molar-refractivity contribution is 8.26. The number of carbonyl (C=O) groups excluding carboxylic acids is 1. The number of carboxylic acids is 1. The van der Waals surface area contributed by atoms with E-state index in [1.165, 1.54) is 4.90 Å². The van der Waals surface area contributed by atoms with Crippen molar-refractivity contribution in [3.05, 3.63) is 40.3 Å². The van der Waals surface area contributed by atoms with E-state index in [-0.39, 0.29) is 11.8 Å². The quantitative estimate of drug-likeness (QED) is 0.649. The molecule has 1 heterocycles. The van der Waals surface area contributed by atoms with E-state index in [2.05, 4.69) is 0 Å². The average Bonchev–Trinajstić information content (AvgIpc) is 2.73. The largest absolute Gasteiger partial charge is 0.480 e. The highest BCUT2D eigenvalue weighted by atomic mass is 32.2. The summed E-state index contributed by atoms with van der Waals surface area (Å²) in [4.78, 5) is 25.9. The van der Waals surface area contributed by atoms with Crippen LogP contribution in [0.3, 0.4) is 0 Å². The van der Waals surface area contributed by atoms with Gasteiger partial charge >= 0.3 is 5.97 Å². The van der Waals surface area contributed by atoms with Gasteiger partial charge in [0.25, 0.3) is 5.91 Å². The fraction of sp³-hybridized carbons (Fsp3) is 0.353. The predicted octanol–water partition coefficient (Wildman–Crippen LogP) is 3.70. The van der Waals surface area contributed by atoms with Crippen molar-refractivity contribution in [1.82, 2.24) is 4.90 Å². The maximum absolute atomic E-state index is 12.6. The molecule has 1 amide bonds. The maximum atomic E-state index is 12.6. The van der Waals surface area contributed by atoms with Crippen molar-refractivity contribution in [3.8, 4) is 0 Å². The summed E-state index contributed by atoms with van der Waals surface area (Å²) in [6, 6.07) is 6.81. The second-order valence-electron chi connectivity index (χ2n) is 5.89. The number of aliphatic carboxylic acids is 1. The summed E-state index contributed by atoms with van der Waals surface area (Å²) >= 11 is 6.42. The Bertz CT molecular complexity index is 682. The first-order valence-electron chi connectivity index (χ1n) is 7.36. The molecule has 0 aromatic heterocycles. The molecule has 0 radical (unpaired) electrons. The van der Waals surface area contributed by atoms with Crippen LogP contribution in [0.2, 0.25) is 0 Å². The van der Waals surface area contributed by atoms with Crippen molar-refractivity contribution < 1.29 is 14.7 Å². The van der Waals surface area contributed by atoms with Crippen molar-refractivity contribution in [2.24, 2.45) is 5.92 Å². The number of thiocarbonyl (C=S) groups is 1. The molecule has 6 heteroatoms. The molecule has 0 saturated carbocycles. The summed E-state index contributed by atoms with van der Waals surface area (Å²) in [6.07, 6.45) is 2.16. The molecule has 1 aliphatic heterocycles. The molecule has 1 N–H and O–H groups in total. The van der Waals surface area contributed by atoms with Crippen LogP contribution in [0.15, 0.2) is 29.2 Å². The maximum Gasteiger partial charge on any atom is 0.326 e. The standard InChI is InChI=1S/C17H19NO3S2/c1-10(2)8-13(16(20)21)18-15(19)14(23-17(18)22)9-12-7-5-4-6-11(12)3/h4-7,9-10,13H,8H2,1-3H3,(H,20,21)/b14-9-.